The van der Waals surface area contributed by atoms with E-state index in [4.69, 9.17) is 11.6 Å². The SMILES string of the molecule is CN1C(=O)CN(C(C)(C)C)C(=O)c2cc(Cl)ccc21. The highest BCUT2D eigenvalue weighted by Crippen LogP contribution is 2.30. The van der Waals surface area contributed by atoms with Gasteiger partial charge in [0, 0.05) is 17.6 Å². The minimum atomic E-state index is -0.419. The van der Waals surface area contributed by atoms with Crippen LogP contribution in [-0.2, 0) is 4.79 Å². The number of carbonyl (C=O) groups excluding carboxylic acids is 2. The van der Waals surface area contributed by atoms with Crippen LogP contribution in [0.5, 0.6) is 0 Å². The van der Waals surface area contributed by atoms with Crippen LogP contribution in [0.1, 0.15) is 31.1 Å². The van der Waals surface area contributed by atoms with E-state index in [1.807, 2.05) is 20.8 Å². The molecule has 0 saturated carbocycles. The maximum Gasteiger partial charge on any atom is 0.256 e. The molecular formula is C14H17ClN2O2. The molecule has 0 aromatic heterocycles. The first-order valence-corrected chi connectivity index (χ1v) is 6.47. The van der Waals surface area contributed by atoms with Crippen LogP contribution in [0.3, 0.4) is 0 Å². The Balaban J connectivity index is 2.61. The first kappa shape index (κ1) is 13.9. The number of anilines is 1. The van der Waals surface area contributed by atoms with E-state index in [1.54, 1.807) is 30.1 Å². The normalized spacial score (nSPS) is 16.5. The minimum absolute atomic E-state index is 0.0745. The summed E-state index contributed by atoms with van der Waals surface area (Å²) < 4.78 is 0. The van der Waals surface area contributed by atoms with Gasteiger partial charge in [0.1, 0.15) is 6.54 Å². The minimum Gasteiger partial charge on any atom is -0.324 e. The number of likely N-dealkylation sites (N-methyl/N-ethyl adjacent to an activating group) is 1. The molecule has 0 unspecified atom stereocenters. The van der Waals surface area contributed by atoms with Crippen molar-refractivity contribution < 1.29 is 9.59 Å². The van der Waals surface area contributed by atoms with E-state index in [1.165, 1.54) is 4.90 Å². The molecule has 2 rings (SSSR count). The molecule has 102 valence electrons. The van der Waals surface area contributed by atoms with Crippen LogP contribution in [0.25, 0.3) is 0 Å². The van der Waals surface area contributed by atoms with E-state index in [2.05, 4.69) is 0 Å². The highest BCUT2D eigenvalue weighted by molar-refractivity contribution is 6.31. The number of hydrogen-bond donors (Lipinski definition) is 0. The van der Waals surface area contributed by atoms with Crippen molar-refractivity contribution in [1.29, 1.82) is 0 Å². The lowest BCUT2D eigenvalue weighted by Crippen LogP contribution is -2.48. The van der Waals surface area contributed by atoms with Crippen LogP contribution in [0.4, 0.5) is 5.69 Å². The molecule has 0 atom stereocenters. The van der Waals surface area contributed by atoms with Crippen LogP contribution >= 0.6 is 11.6 Å². The molecule has 0 spiro atoms. The average molecular weight is 281 g/mol. The van der Waals surface area contributed by atoms with Gasteiger partial charge in [-0.15, -0.1) is 0 Å². The van der Waals surface area contributed by atoms with E-state index >= 15 is 0 Å². The molecule has 4 nitrogen and oxygen atoms in total. The van der Waals surface area contributed by atoms with Crippen molar-refractivity contribution in [1.82, 2.24) is 4.90 Å². The van der Waals surface area contributed by atoms with Gasteiger partial charge in [-0.05, 0) is 39.0 Å². The fourth-order valence-corrected chi connectivity index (χ4v) is 2.28. The first-order chi connectivity index (χ1) is 8.71. The molecule has 0 aliphatic carbocycles. The van der Waals surface area contributed by atoms with E-state index in [9.17, 15) is 9.59 Å². The lowest BCUT2D eigenvalue weighted by molar-refractivity contribution is -0.119. The summed E-state index contributed by atoms with van der Waals surface area (Å²) in [7, 11) is 1.68. The summed E-state index contributed by atoms with van der Waals surface area (Å²) in [6.07, 6.45) is 0. The molecular weight excluding hydrogens is 264 g/mol. The van der Waals surface area contributed by atoms with Crippen molar-refractivity contribution in [3.05, 3.63) is 28.8 Å². The van der Waals surface area contributed by atoms with Crippen LogP contribution in [0.2, 0.25) is 5.02 Å². The number of hydrogen-bond acceptors (Lipinski definition) is 2. The Hall–Kier alpha value is -1.55. The second-order valence-electron chi connectivity index (χ2n) is 5.68. The van der Waals surface area contributed by atoms with Gasteiger partial charge in [0.25, 0.3) is 5.91 Å². The lowest BCUT2D eigenvalue weighted by atomic mass is 10.0. The first-order valence-electron chi connectivity index (χ1n) is 6.10. The number of benzene rings is 1. The van der Waals surface area contributed by atoms with Crippen LogP contribution in [0, 0.1) is 0 Å². The van der Waals surface area contributed by atoms with Gasteiger partial charge in [0.2, 0.25) is 5.91 Å². The van der Waals surface area contributed by atoms with Crippen LogP contribution < -0.4 is 4.90 Å². The van der Waals surface area contributed by atoms with Crippen molar-refractivity contribution in [2.45, 2.75) is 26.3 Å². The summed E-state index contributed by atoms with van der Waals surface area (Å²) in [5, 5.41) is 0.490. The maximum atomic E-state index is 12.6. The van der Waals surface area contributed by atoms with Crippen molar-refractivity contribution >= 4 is 29.1 Å². The predicted molar refractivity (Wildman–Crippen MR) is 75.7 cm³/mol. The Kier molecular flexibility index (Phi) is 3.31. The standard InChI is InChI=1S/C14H17ClN2O2/c1-14(2,3)17-8-12(18)16(4)11-6-5-9(15)7-10(11)13(17)19/h5-7H,8H2,1-4H3. The van der Waals surface area contributed by atoms with Gasteiger partial charge in [-0.2, -0.15) is 0 Å². The summed E-state index contributed by atoms with van der Waals surface area (Å²) >= 11 is 5.97. The van der Waals surface area contributed by atoms with Crippen molar-refractivity contribution in [3.8, 4) is 0 Å². The largest absolute Gasteiger partial charge is 0.324 e. The average Bonchev–Trinajstić information content (AvgIpc) is 2.40. The zero-order valence-electron chi connectivity index (χ0n) is 11.5. The van der Waals surface area contributed by atoms with Crippen molar-refractivity contribution in [2.24, 2.45) is 0 Å². The van der Waals surface area contributed by atoms with Crippen LogP contribution in [0.15, 0.2) is 18.2 Å². The molecule has 1 aliphatic heterocycles. The predicted octanol–water partition coefficient (Wildman–Crippen LogP) is 2.56. The quantitative estimate of drug-likeness (QED) is 0.733. The summed E-state index contributed by atoms with van der Waals surface area (Å²) in [5.74, 6) is -0.271. The molecule has 0 saturated heterocycles. The molecule has 19 heavy (non-hydrogen) atoms. The highest BCUT2D eigenvalue weighted by atomic mass is 35.5. The third-order valence-corrected chi connectivity index (χ3v) is 3.51. The summed E-state index contributed by atoms with van der Waals surface area (Å²) in [4.78, 5) is 27.9. The van der Waals surface area contributed by atoms with Crippen molar-refractivity contribution in [2.75, 3.05) is 18.5 Å². The second kappa shape index (κ2) is 4.53. The summed E-state index contributed by atoms with van der Waals surface area (Å²) in [6, 6.07) is 5.01. The number of carbonyl (C=O) groups is 2. The zero-order valence-corrected chi connectivity index (χ0v) is 12.3. The Morgan fingerprint density at radius 3 is 2.42 bits per heavy atom. The van der Waals surface area contributed by atoms with Gasteiger partial charge in [-0.25, -0.2) is 0 Å². The van der Waals surface area contributed by atoms with Gasteiger partial charge in [0.05, 0.1) is 11.3 Å². The number of fused-ring (bicyclic) bond motifs is 1. The fraction of sp³-hybridized carbons (Fsp3) is 0.429. The Bertz CT molecular complexity index is 549. The topological polar surface area (TPSA) is 40.6 Å². The van der Waals surface area contributed by atoms with E-state index in [-0.39, 0.29) is 18.4 Å². The molecule has 1 aromatic carbocycles. The number of halogens is 1. The molecule has 1 aromatic rings. The zero-order chi connectivity index (χ0) is 14.4. The Morgan fingerprint density at radius 2 is 1.84 bits per heavy atom. The lowest BCUT2D eigenvalue weighted by Gasteiger charge is -2.34. The van der Waals surface area contributed by atoms with E-state index in [0.29, 0.717) is 16.3 Å². The number of nitrogens with zero attached hydrogens (tertiary/aromatic N) is 2. The molecule has 0 N–H and O–H groups in total. The van der Waals surface area contributed by atoms with Gasteiger partial charge in [0.15, 0.2) is 0 Å². The van der Waals surface area contributed by atoms with E-state index in [0.717, 1.165) is 0 Å². The van der Waals surface area contributed by atoms with Crippen LogP contribution in [-0.4, -0.2) is 35.8 Å². The maximum absolute atomic E-state index is 12.6. The summed E-state index contributed by atoms with van der Waals surface area (Å²) in [6.45, 7) is 5.81. The van der Waals surface area contributed by atoms with Gasteiger partial charge in [-0.3, -0.25) is 9.59 Å². The molecule has 5 heteroatoms. The molecule has 0 fully saturated rings. The monoisotopic (exact) mass is 280 g/mol. The summed E-state index contributed by atoms with van der Waals surface area (Å²) in [5.41, 5.74) is 0.652. The van der Waals surface area contributed by atoms with Crippen molar-refractivity contribution in [3.63, 3.8) is 0 Å². The van der Waals surface area contributed by atoms with Gasteiger partial charge in [-0.1, -0.05) is 11.6 Å². The molecule has 1 heterocycles. The second-order valence-corrected chi connectivity index (χ2v) is 6.11. The Labute approximate surface area is 117 Å². The third-order valence-electron chi connectivity index (χ3n) is 3.27. The Morgan fingerprint density at radius 1 is 1.21 bits per heavy atom. The molecule has 2 amide bonds. The molecule has 1 aliphatic rings. The molecule has 0 radical (unpaired) electrons. The third kappa shape index (κ3) is 2.45. The number of amides is 2. The fourth-order valence-electron chi connectivity index (χ4n) is 2.11. The number of rotatable bonds is 0. The van der Waals surface area contributed by atoms with E-state index < -0.39 is 5.54 Å². The molecule has 0 bridgehead atoms. The van der Waals surface area contributed by atoms with Gasteiger partial charge < -0.3 is 9.80 Å². The van der Waals surface area contributed by atoms with Gasteiger partial charge >= 0.3 is 0 Å². The highest BCUT2D eigenvalue weighted by Gasteiger charge is 2.35. The smallest absolute Gasteiger partial charge is 0.256 e.